The molecule has 130 valence electrons. The molecule has 0 aliphatic rings. The molecule has 0 radical (unpaired) electrons. The molecular formula is C17H16N2O5S. The van der Waals surface area contributed by atoms with Gasteiger partial charge in [0, 0.05) is 6.07 Å². The number of aromatic nitrogens is 2. The first-order valence-electron chi connectivity index (χ1n) is 7.41. The van der Waals surface area contributed by atoms with Crippen molar-refractivity contribution in [2.24, 2.45) is 0 Å². The van der Waals surface area contributed by atoms with Gasteiger partial charge >= 0.3 is 5.97 Å². The molecule has 0 atom stereocenters. The zero-order valence-electron chi connectivity index (χ0n) is 13.7. The van der Waals surface area contributed by atoms with Gasteiger partial charge < -0.3 is 18.7 Å². The van der Waals surface area contributed by atoms with Crippen molar-refractivity contribution in [3.8, 4) is 22.9 Å². The molecule has 0 saturated heterocycles. The van der Waals surface area contributed by atoms with E-state index in [9.17, 15) is 4.79 Å². The number of carbonyl (C=O) groups is 1. The fourth-order valence-electron chi connectivity index (χ4n) is 2.16. The van der Waals surface area contributed by atoms with Gasteiger partial charge in [0.1, 0.15) is 11.5 Å². The van der Waals surface area contributed by atoms with Crippen LogP contribution in [-0.4, -0.2) is 30.3 Å². The molecule has 8 heteroatoms. The Balaban J connectivity index is 1.65. The number of nitrogens with zero attached hydrogens (tertiary/aromatic N) is 2. The number of thiophene rings is 1. The summed E-state index contributed by atoms with van der Waals surface area (Å²) in [6.45, 7) is -0.0750. The van der Waals surface area contributed by atoms with Crippen LogP contribution >= 0.6 is 11.3 Å². The standard InChI is InChI=1S/C17H16N2O5S/c1-21-12-3-4-13(14(8-12)22-2)17-18-15(24-19-17)9-23-16(20)7-11-5-6-25-10-11/h3-6,8,10H,7,9H2,1-2H3. The first-order chi connectivity index (χ1) is 12.2. The summed E-state index contributed by atoms with van der Waals surface area (Å²) in [5.41, 5.74) is 1.58. The van der Waals surface area contributed by atoms with Crippen molar-refractivity contribution >= 4 is 17.3 Å². The Bertz CT molecular complexity index is 845. The quantitative estimate of drug-likeness (QED) is 0.599. The molecule has 0 N–H and O–H groups in total. The molecule has 0 bridgehead atoms. The number of rotatable bonds is 7. The van der Waals surface area contributed by atoms with Gasteiger partial charge in [0.25, 0.3) is 5.89 Å². The van der Waals surface area contributed by atoms with Crippen LogP contribution < -0.4 is 9.47 Å². The van der Waals surface area contributed by atoms with Crippen LogP contribution in [-0.2, 0) is 22.6 Å². The number of methoxy groups -OCH3 is 2. The van der Waals surface area contributed by atoms with Gasteiger partial charge in [-0.1, -0.05) is 5.16 Å². The largest absolute Gasteiger partial charge is 0.497 e. The van der Waals surface area contributed by atoms with Crippen LogP contribution in [0, 0.1) is 0 Å². The van der Waals surface area contributed by atoms with Crippen molar-refractivity contribution in [1.29, 1.82) is 0 Å². The Morgan fingerprint density at radius 2 is 2.12 bits per heavy atom. The van der Waals surface area contributed by atoms with Crippen molar-refractivity contribution in [3.63, 3.8) is 0 Å². The number of esters is 1. The van der Waals surface area contributed by atoms with Crippen molar-refractivity contribution < 1.29 is 23.5 Å². The second-order valence-corrected chi connectivity index (χ2v) is 5.83. The van der Waals surface area contributed by atoms with Crippen LogP contribution in [0.3, 0.4) is 0 Å². The summed E-state index contributed by atoms with van der Waals surface area (Å²) in [6.07, 6.45) is 0.219. The highest BCUT2D eigenvalue weighted by atomic mass is 32.1. The van der Waals surface area contributed by atoms with Crippen LogP contribution in [0.2, 0.25) is 0 Å². The smallest absolute Gasteiger partial charge is 0.310 e. The van der Waals surface area contributed by atoms with Crippen LogP contribution in [0.1, 0.15) is 11.5 Å². The van der Waals surface area contributed by atoms with Gasteiger partial charge in [-0.2, -0.15) is 16.3 Å². The molecule has 0 spiro atoms. The van der Waals surface area contributed by atoms with E-state index in [0.29, 0.717) is 22.9 Å². The van der Waals surface area contributed by atoms with Crippen LogP contribution in [0.4, 0.5) is 0 Å². The molecule has 0 aliphatic heterocycles. The van der Waals surface area contributed by atoms with Gasteiger partial charge in [-0.05, 0) is 34.5 Å². The number of hydrogen-bond donors (Lipinski definition) is 0. The molecule has 0 aliphatic carbocycles. The average Bonchev–Trinajstić information content (AvgIpc) is 3.31. The second kappa shape index (κ2) is 7.80. The number of benzene rings is 1. The second-order valence-electron chi connectivity index (χ2n) is 5.05. The SMILES string of the molecule is COc1ccc(-c2noc(COC(=O)Cc3ccsc3)n2)c(OC)c1. The lowest BCUT2D eigenvalue weighted by molar-refractivity contribution is -0.144. The predicted molar refractivity (Wildman–Crippen MR) is 90.7 cm³/mol. The maximum Gasteiger partial charge on any atom is 0.310 e. The van der Waals surface area contributed by atoms with Gasteiger partial charge in [-0.3, -0.25) is 4.79 Å². The van der Waals surface area contributed by atoms with E-state index >= 15 is 0 Å². The zero-order chi connectivity index (χ0) is 17.6. The van der Waals surface area contributed by atoms with Gasteiger partial charge in [0.2, 0.25) is 5.82 Å². The van der Waals surface area contributed by atoms with Gasteiger partial charge in [0.05, 0.1) is 26.2 Å². The minimum absolute atomic E-state index is 0.0750. The lowest BCUT2D eigenvalue weighted by Crippen LogP contribution is -2.07. The van der Waals surface area contributed by atoms with Crippen molar-refractivity contribution in [1.82, 2.24) is 10.1 Å². The lowest BCUT2D eigenvalue weighted by atomic mass is 10.2. The first kappa shape index (κ1) is 17.0. The molecule has 0 fully saturated rings. The van der Waals surface area contributed by atoms with E-state index in [1.165, 1.54) is 11.3 Å². The maximum atomic E-state index is 11.8. The lowest BCUT2D eigenvalue weighted by Gasteiger charge is -2.07. The molecular weight excluding hydrogens is 344 g/mol. The summed E-state index contributed by atoms with van der Waals surface area (Å²) in [6, 6.07) is 7.16. The van der Waals surface area contributed by atoms with E-state index in [2.05, 4.69) is 10.1 Å². The molecule has 7 nitrogen and oxygen atoms in total. The van der Waals surface area contributed by atoms with E-state index in [-0.39, 0.29) is 24.9 Å². The first-order valence-corrected chi connectivity index (χ1v) is 8.35. The minimum Gasteiger partial charge on any atom is -0.497 e. The number of hydrogen-bond acceptors (Lipinski definition) is 8. The molecule has 0 saturated carbocycles. The molecule has 2 aromatic heterocycles. The fraction of sp³-hybridized carbons (Fsp3) is 0.235. The maximum absolute atomic E-state index is 11.8. The Morgan fingerprint density at radius 1 is 1.24 bits per heavy atom. The molecule has 0 unspecified atom stereocenters. The van der Waals surface area contributed by atoms with Gasteiger partial charge in [-0.15, -0.1) is 0 Å². The van der Waals surface area contributed by atoms with Crippen molar-refractivity contribution in [3.05, 3.63) is 46.5 Å². The third-order valence-corrected chi connectivity index (χ3v) is 4.13. The van der Waals surface area contributed by atoms with Crippen molar-refractivity contribution in [2.75, 3.05) is 14.2 Å². The molecule has 25 heavy (non-hydrogen) atoms. The highest BCUT2D eigenvalue weighted by Crippen LogP contribution is 2.31. The van der Waals surface area contributed by atoms with Gasteiger partial charge in [-0.25, -0.2) is 0 Å². The molecule has 1 aromatic carbocycles. The molecule has 3 rings (SSSR count). The van der Waals surface area contributed by atoms with E-state index < -0.39 is 0 Å². The van der Waals surface area contributed by atoms with E-state index in [1.807, 2.05) is 16.8 Å². The molecule has 0 amide bonds. The number of carbonyl (C=O) groups excluding carboxylic acids is 1. The summed E-state index contributed by atoms with van der Waals surface area (Å²) < 4.78 is 20.8. The Kier molecular flexibility index (Phi) is 5.30. The zero-order valence-corrected chi connectivity index (χ0v) is 14.5. The third kappa shape index (κ3) is 4.16. The summed E-state index contributed by atoms with van der Waals surface area (Å²) in [5.74, 6) is 1.43. The van der Waals surface area contributed by atoms with E-state index in [1.54, 1.807) is 32.4 Å². The molecule has 3 aromatic rings. The summed E-state index contributed by atoms with van der Waals surface area (Å²) in [5, 5.41) is 7.72. The van der Waals surface area contributed by atoms with E-state index in [4.69, 9.17) is 18.7 Å². The fourth-order valence-corrected chi connectivity index (χ4v) is 2.83. The minimum atomic E-state index is -0.347. The average molecular weight is 360 g/mol. The highest BCUT2D eigenvalue weighted by Gasteiger charge is 2.15. The monoisotopic (exact) mass is 360 g/mol. The summed E-state index contributed by atoms with van der Waals surface area (Å²) in [4.78, 5) is 16.0. The molecule has 2 heterocycles. The van der Waals surface area contributed by atoms with Crippen molar-refractivity contribution in [2.45, 2.75) is 13.0 Å². The van der Waals surface area contributed by atoms with Crippen LogP contribution in [0.5, 0.6) is 11.5 Å². The van der Waals surface area contributed by atoms with E-state index in [0.717, 1.165) is 5.56 Å². The highest BCUT2D eigenvalue weighted by molar-refractivity contribution is 7.07. The Labute approximate surface area is 148 Å². The Morgan fingerprint density at radius 3 is 2.84 bits per heavy atom. The summed E-state index contributed by atoms with van der Waals surface area (Å²) in [7, 11) is 3.12. The van der Waals surface area contributed by atoms with Gasteiger partial charge in [0.15, 0.2) is 6.61 Å². The van der Waals surface area contributed by atoms with Crippen LogP contribution in [0.15, 0.2) is 39.5 Å². The predicted octanol–water partition coefficient (Wildman–Crippen LogP) is 3.10. The summed E-state index contributed by atoms with van der Waals surface area (Å²) >= 11 is 1.53. The Hall–Kier alpha value is -2.87. The number of ether oxygens (including phenoxy) is 3. The third-order valence-electron chi connectivity index (χ3n) is 3.40. The normalized spacial score (nSPS) is 10.5. The van der Waals surface area contributed by atoms with Crippen LogP contribution in [0.25, 0.3) is 11.4 Å². The topological polar surface area (TPSA) is 83.7 Å².